The predicted molar refractivity (Wildman–Crippen MR) is 238 cm³/mol. The lowest BCUT2D eigenvalue weighted by atomic mass is 9.82. The minimum absolute atomic E-state index is 0.00370. The largest absolute Gasteiger partial charge is 0.228 e. The standard InChI is InChI=1S/C55H40N2/c1-55(2)50-22-10-9-21-48(50)49-35-45(31-32-51(49)55)41-25-23-40(24-26-41)44-18-12-20-47(34-44)53-36-52(46-19-11-17-43(33-46)38-15-7-4-8-16-38)56-54(57-53)42-29-27-39(28-30-42)37-13-5-3-6-14-37/h3-36H,1-2H3. The highest BCUT2D eigenvalue weighted by molar-refractivity contribution is 5.85. The second-order valence-corrected chi connectivity index (χ2v) is 15.4. The first-order chi connectivity index (χ1) is 28.0. The molecule has 1 aliphatic rings. The monoisotopic (exact) mass is 728 g/mol. The highest BCUT2D eigenvalue weighted by atomic mass is 14.9. The molecule has 0 bridgehead atoms. The smallest absolute Gasteiger partial charge is 0.160 e. The number of hydrogen-bond acceptors (Lipinski definition) is 2. The van der Waals surface area contributed by atoms with E-state index in [1.807, 2.05) is 6.07 Å². The molecule has 0 radical (unpaired) electrons. The van der Waals surface area contributed by atoms with Crippen molar-refractivity contribution in [1.29, 1.82) is 0 Å². The van der Waals surface area contributed by atoms with Crippen molar-refractivity contribution in [3.63, 3.8) is 0 Å². The topological polar surface area (TPSA) is 25.8 Å². The Labute approximate surface area is 334 Å². The van der Waals surface area contributed by atoms with E-state index in [4.69, 9.17) is 9.97 Å². The number of fused-ring (bicyclic) bond motifs is 3. The maximum atomic E-state index is 5.21. The first kappa shape index (κ1) is 34.3. The van der Waals surface area contributed by atoms with E-state index in [0.717, 1.165) is 50.3 Å². The van der Waals surface area contributed by atoms with Gasteiger partial charge in [-0.2, -0.15) is 0 Å². The molecule has 0 saturated carbocycles. The zero-order chi connectivity index (χ0) is 38.3. The highest BCUT2D eigenvalue weighted by Gasteiger charge is 2.35. The van der Waals surface area contributed by atoms with Crippen molar-refractivity contribution in [3.8, 4) is 89.5 Å². The molecule has 0 atom stereocenters. The molecule has 10 rings (SSSR count). The molecular weight excluding hydrogens is 689 g/mol. The Morgan fingerprint density at radius 2 is 0.667 bits per heavy atom. The van der Waals surface area contributed by atoms with Crippen molar-refractivity contribution < 1.29 is 0 Å². The van der Waals surface area contributed by atoms with E-state index in [1.165, 1.54) is 44.5 Å². The molecule has 0 N–H and O–H groups in total. The quantitative estimate of drug-likeness (QED) is 0.163. The van der Waals surface area contributed by atoms with E-state index in [0.29, 0.717) is 5.82 Å². The lowest BCUT2D eigenvalue weighted by Crippen LogP contribution is -2.14. The Kier molecular flexibility index (Phi) is 8.53. The highest BCUT2D eigenvalue weighted by Crippen LogP contribution is 2.49. The van der Waals surface area contributed by atoms with Gasteiger partial charge >= 0.3 is 0 Å². The number of nitrogens with zero attached hydrogens (tertiary/aromatic N) is 2. The van der Waals surface area contributed by atoms with Crippen LogP contribution in [-0.2, 0) is 5.41 Å². The van der Waals surface area contributed by atoms with Crippen LogP contribution in [0.2, 0.25) is 0 Å². The molecule has 2 nitrogen and oxygen atoms in total. The molecule has 1 aromatic heterocycles. The Bertz CT molecular complexity index is 2890. The SMILES string of the molecule is CC1(C)c2ccccc2-c2cc(-c3ccc(-c4cccc(-c5cc(-c6cccc(-c7ccccc7)c6)nc(-c6ccc(-c7ccccc7)cc6)n5)c4)cc3)ccc21. The molecule has 9 aromatic rings. The summed E-state index contributed by atoms with van der Waals surface area (Å²) in [6.07, 6.45) is 0. The minimum Gasteiger partial charge on any atom is -0.228 e. The van der Waals surface area contributed by atoms with Crippen LogP contribution < -0.4 is 0 Å². The number of benzene rings is 8. The fraction of sp³-hybridized carbons (Fsp3) is 0.0545. The van der Waals surface area contributed by atoms with Gasteiger partial charge in [0.15, 0.2) is 5.82 Å². The maximum Gasteiger partial charge on any atom is 0.160 e. The number of hydrogen-bond donors (Lipinski definition) is 0. The van der Waals surface area contributed by atoms with E-state index in [1.54, 1.807) is 0 Å². The molecule has 0 saturated heterocycles. The third kappa shape index (κ3) is 6.46. The lowest BCUT2D eigenvalue weighted by molar-refractivity contribution is 0.660. The van der Waals surface area contributed by atoms with Gasteiger partial charge in [-0.25, -0.2) is 9.97 Å². The van der Waals surface area contributed by atoms with Gasteiger partial charge in [0.2, 0.25) is 0 Å². The zero-order valence-electron chi connectivity index (χ0n) is 32.0. The molecule has 0 aliphatic heterocycles. The molecule has 0 amide bonds. The summed E-state index contributed by atoms with van der Waals surface area (Å²) in [4.78, 5) is 10.4. The summed E-state index contributed by atoms with van der Waals surface area (Å²) in [6, 6.07) is 73.8. The molecule has 2 heteroatoms. The van der Waals surface area contributed by atoms with Gasteiger partial charge in [-0.1, -0.05) is 196 Å². The van der Waals surface area contributed by atoms with Crippen molar-refractivity contribution in [1.82, 2.24) is 9.97 Å². The molecule has 57 heavy (non-hydrogen) atoms. The molecule has 270 valence electrons. The zero-order valence-corrected chi connectivity index (χ0v) is 32.0. The van der Waals surface area contributed by atoms with Crippen LogP contribution in [0.5, 0.6) is 0 Å². The average Bonchev–Trinajstić information content (AvgIpc) is 3.52. The van der Waals surface area contributed by atoms with Crippen LogP contribution in [0, 0.1) is 0 Å². The molecule has 0 fully saturated rings. The van der Waals surface area contributed by atoms with Crippen LogP contribution in [0.1, 0.15) is 25.0 Å². The van der Waals surface area contributed by atoms with Gasteiger partial charge < -0.3 is 0 Å². The van der Waals surface area contributed by atoms with Crippen molar-refractivity contribution in [2.45, 2.75) is 19.3 Å². The maximum absolute atomic E-state index is 5.21. The van der Waals surface area contributed by atoms with Crippen LogP contribution in [0.3, 0.4) is 0 Å². The second kappa shape index (κ2) is 14.2. The molecule has 1 aliphatic carbocycles. The van der Waals surface area contributed by atoms with Crippen LogP contribution in [0.15, 0.2) is 206 Å². The Hall–Kier alpha value is -7.16. The van der Waals surface area contributed by atoms with Gasteiger partial charge in [-0.15, -0.1) is 0 Å². The van der Waals surface area contributed by atoms with E-state index >= 15 is 0 Å². The normalized spacial score (nSPS) is 12.5. The van der Waals surface area contributed by atoms with Gasteiger partial charge in [0.05, 0.1) is 11.4 Å². The van der Waals surface area contributed by atoms with Gasteiger partial charge in [0.1, 0.15) is 0 Å². The van der Waals surface area contributed by atoms with E-state index in [9.17, 15) is 0 Å². The Morgan fingerprint density at radius 3 is 1.25 bits per heavy atom. The average molecular weight is 729 g/mol. The van der Waals surface area contributed by atoms with Crippen LogP contribution >= 0.6 is 0 Å². The Morgan fingerprint density at radius 1 is 0.281 bits per heavy atom. The third-order valence-corrected chi connectivity index (χ3v) is 11.5. The molecular formula is C55H40N2. The summed E-state index contributed by atoms with van der Waals surface area (Å²) in [5.41, 5.74) is 19.7. The van der Waals surface area contributed by atoms with Gasteiger partial charge in [0, 0.05) is 22.1 Å². The molecule has 0 unspecified atom stereocenters. The van der Waals surface area contributed by atoms with Gasteiger partial charge in [0.25, 0.3) is 0 Å². The number of aromatic nitrogens is 2. The van der Waals surface area contributed by atoms with E-state index < -0.39 is 0 Å². The van der Waals surface area contributed by atoms with Crippen molar-refractivity contribution in [2.75, 3.05) is 0 Å². The molecule has 0 spiro atoms. The van der Waals surface area contributed by atoms with Crippen molar-refractivity contribution in [2.24, 2.45) is 0 Å². The fourth-order valence-electron chi connectivity index (χ4n) is 8.42. The van der Waals surface area contributed by atoms with E-state index in [2.05, 4.69) is 214 Å². The summed E-state index contributed by atoms with van der Waals surface area (Å²) in [5, 5.41) is 0. The first-order valence-electron chi connectivity index (χ1n) is 19.6. The van der Waals surface area contributed by atoms with Gasteiger partial charge in [-0.3, -0.25) is 0 Å². The first-order valence-corrected chi connectivity index (χ1v) is 19.6. The third-order valence-electron chi connectivity index (χ3n) is 11.5. The van der Waals surface area contributed by atoms with Crippen molar-refractivity contribution in [3.05, 3.63) is 217 Å². The summed E-state index contributed by atoms with van der Waals surface area (Å²) >= 11 is 0. The second-order valence-electron chi connectivity index (χ2n) is 15.4. The van der Waals surface area contributed by atoms with Crippen molar-refractivity contribution >= 4 is 0 Å². The summed E-state index contributed by atoms with van der Waals surface area (Å²) in [6.45, 7) is 4.66. The number of rotatable bonds is 7. The fourth-order valence-corrected chi connectivity index (χ4v) is 8.42. The molecule has 1 heterocycles. The Balaban J connectivity index is 1.01. The van der Waals surface area contributed by atoms with Gasteiger partial charge in [-0.05, 0) is 91.0 Å². The summed E-state index contributed by atoms with van der Waals surface area (Å²) in [5.74, 6) is 0.697. The van der Waals surface area contributed by atoms with Crippen LogP contribution in [0.25, 0.3) is 89.5 Å². The van der Waals surface area contributed by atoms with Crippen LogP contribution in [-0.4, -0.2) is 9.97 Å². The van der Waals surface area contributed by atoms with E-state index in [-0.39, 0.29) is 5.41 Å². The minimum atomic E-state index is 0.00370. The summed E-state index contributed by atoms with van der Waals surface area (Å²) < 4.78 is 0. The lowest BCUT2D eigenvalue weighted by Gasteiger charge is -2.21. The predicted octanol–water partition coefficient (Wildman–Crippen LogP) is 14.5. The van der Waals surface area contributed by atoms with Crippen LogP contribution in [0.4, 0.5) is 0 Å². The molecule has 8 aromatic carbocycles. The summed E-state index contributed by atoms with van der Waals surface area (Å²) in [7, 11) is 0.